The first-order valence-corrected chi connectivity index (χ1v) is 5.28. The number of carbonyl (C=O) groups is 3. The molecule has 2 amide bonds. The number of hydrogen-bond acceptors (Lipinski definition) is 4. The molecule has 0 aliphatic carbocycles. The first-order chi connectivity index (χ1) is 7.97. The number of methoxy groups -OCH3 is 1. The maximum atomic E-state index is 11.9. The van der Waals surface area contributed by atoms with Gasteiger partial charge in [-0.15, -0.1) is 0 Å². The minimum Gasteiger partial charge on any atom is -0.480 e. The minimum atomic E-state index is -1.01. The summed E-state index contributed by atoms with van der Waals surface area (Å²) in [4.78, 5) is 36.2. The lowest BCUT2D eigenvalue weighted by atomic mass is 10.2. The number of nitrogens with zero attached hydrogens (tertiary/aromatic N) is 2. The first kappa shape index (κ1) is 13.3. The quantitative estimate of drug-likeness (QED) is 0.692. The normalized spacial score (nSPS) is 18.9. The predicted molar refractivity (Wildman–Crippen MR) is 57.4 cm³/mol. The zero-order valence-corrected chi connectivity index (χ0v) is 9.88. The fraction of sp³-hybridized carbons (Fsp3) is 0.700. The van der Waals surface area contributed by atoms with Crippen molar-refractivity contribution < 1.29 is 24.2 Å². The third-order valence-corrected chi connectivity index (χ3v) is 2.70. The smallest absolute Gasteiger partial charge is 0.326 e. The summed E-state index contributed by atoms with van der Waals surface area (Å²) in [6, 6.07) is -1.25. The SMILES string of the molecule is COC(=O)CN(C)C(=O)N1CCCC1C(=O)O. The van der Waals surface area contributed by atoms with E-state index in [4.69, 9.17) is 5.11 Å². The minimum absolute atomic E-state index is 0.182. The molecule has 0 saturated carbocycles. The number of rotatable bonds is 3. The van der Waals surface area contributed by atoms with Crippen LogP contribution in [0.1, 0.15) is 12.8 Å². The van der Waals surface area contributed by atoms with Crippen LogP contribution in [-0.2, 0) is 14.3 Å². The largest absolute Gasteiger partial charge is 0.480 e. The monoisotopic (exact) mass is 244 g/mol. The molecule has 0 bridgehead atoms. The van der Waals surface area contributed by atoms with Crippen LogP contribution in [0.2, 0.25) is 0 Å². The second-order valence-electron chi connectivity index (χ2n) is 3.90. The van der Waals surface area contributed by atoms with Crippen molar-refractivity contribution in [1.82, 2.24) is 9.80 Å². The van der Waals surface area contributed by atoms with Crippen molar-refractivity contribution in [3.8, 4) is 0 Å². The van der Waals surface area contributed by atoms with Gasteiger partial charge in [-0.3, -0.25) is 4.79 Å². The van der Waals surface area contributed by atoms with E-state index in [2.05, 4.69) is 4.74 Å². The van der Waals surface area contributed by atoms with Crippen molar-refractivity contribution in [3.63, 3.8) is 0 Å². The topological polar surface area (TPSA) is 87.2 Å². The molecule has 1 unspecified atom stereocenters. The number of amides is 2. The molecule has 1 aliphatic heterocycles. The zero-order valence-electron chi connectivity index (χ0n) is 9.88. The molecule has 17 heavy (non-hydrogen) atoms. The van der Waals surface area contributed by atoms with Crippen LogP contribution in [-0.4, -0.2) is 66.2 Å². The highest BCUT2D eigenvalue weighted by Crippen LogP contribution is 2.18. The third kappa shape index (κ3) is 3.08. The Labute approximate surface area is 98.9 Å². The lowest BCUT2D eigenvalue weighted by Crippen LogP contribution is -2.48. The summed E-state index contributed by atoms with van der Waals surface area (Å²) in [5.41, 5.74) is 0. The van der Waals surface area contributed by atoms with E-state index in [-0.39, 0.29) is 6.54 Å². The zero-order chi connectivity index (χ0) is 13.0. The maximum Gasteiger partial charge on any atom is 0.326 e. The molecule has 1 aliphatic rings. The van der Waals surface area contributed by atoms with Crippen molar-refractivity contribution in [2.75, 3.05) is 27.2 Å². The average molecular weight is 244 g/mol. The first-order valence-electron chi connectivity index (χ1n) is 5.28. The number of ether oxygens (including phenoxy) is 1. The van der Waals surface area contributed by atoms with Gasteiger partial charge in [0.1, 0.15) is 12.6 Å². The van der Waals surface area contributed by atoms with Crippen LogP contribution in [0, 0.1) is 0 Å². The van der Waals surface area contributed by atoms with Crippen LogP contribution in [0.4, 0.5) is 4.79 Å². The number of likely N-dealkylation sites (N-methyl/N-ethyl adjacent to an activating group) is 1. The van der Waals surface area contributed by atoms with Gasteiger partial charge in [0, 0.05) is 13.6 Å². The number of carbonyl (C=O) groups excluding carboxylic acids is 2. The number of likely N-dealkylation sites (tertiary alicyclic amines) is 1. The average Bonchev–Trinajstić information content (AvgIpc) is 2.76. The van der Waals surface area contributed by atoms with Crippen molar-refractivity contribution in [3.05, 3.63) is 0 Å². The van der Waals surface area contributed by atoms with E-state index >= 15 is 0 Å². The number of carboxylic acid groups (broad SMARTS) is 1. The Morgan fingerprint density at radius 1 is 1.47 bits per heavy atom. The molecule has 0 radical (unpaired) electrons. The summed E-state index contributed by atoms with van der Waals surface area (Å²) < 4.78 is 4.44. The van der Waals surface area contributed by atoms with E-state index in [9.17, 15) is 14.4 Å². The van der Waals surface area contributed by atoms with Gasteiger partial charge < -0.3 is 19.6 Å². The summed E-state index contributed by atoms with van der Waals surface area (Å²) in [6.07, 6.45) is 1.11. The Bertz CT molecular complexity index is 331. The van der Waals surface area contributed by atoms with E-state index in [1.54, 1.807) is 0 Å². The Hall–Kier alpha value is -1.79. The van der Waals surface area contributed by atoms with Crippen molar-refractivity contribution >= 4 is 18.0 Å². The summed E-state index contributed by atoms with van der Waals surface area (Å²) in [5, 5.41) is 8.94. The molecule has 1 fully saturated rings. The highest BCUT2D eigenvalue weighted by molar-refractivity contribution is 5.85. The van der Waals surface area contributed by atoms with Gasteiger partial charge in [0.2, 0.25) is 0 Å². The number of aliphatic carboxylic acids is 1. The number of urea groups is 1. The van der Waals surface area contributed by atoms with Gasteiger partial charge in [-0.05, 0) is 12.8 Å². The molecule has 7 heteroatoms. The molecule has 1 atom stereocenters. The van der Waals surface area contributed by atoms with Gasteiger partial charge in [-0.1, -0.05) is 0 Å². The second-order valence-corrected chi connectivity index (χ2v) is 3.90. The van der Waals surface area contributed by atoms with Gasteiger partial charge in [-0.25, -0.2) is 9.59 Å². The van der Waals surface area contributed by atoms with Gasteiger partial charge in [0.25, 0.3) is 0 Å². The van der Waals surface area contributed by atoms with Gasteiger partial charge >= 0.3 is 18.0 Å². The van der Waals surface area contributed by atoms with E-state index in [1.165, 1.54) is 19.1 Å². The molecule has 1 heterocycles. The van der Waals surface area contributed by atoms with Crippen LogP contribution in [0.15, 0.2) is 0 Å². The molecule has 96 valence electrons. The molecule has 0 aromatic rings. The summed E-state index contributed by atoms with van der Waals surface area (Å²) in [5.74, 6) is -1.55. The van der Waals surface area contributed by atoms with Crippen LogP contribution in [0.5, 0.6) is 0 Å². The lowest BCUT2D eigenvalue weighted by Gasteiger charge is -2.26. The van der Waals surface area contributed by atoms with E-state index in [1.807, 2.05) is 0 Å². The number of hydrogen-bond donors (Lipinski definition) is 1. The molecular formula is C10H16N2O5. The lowest BCUT2D eigenvalue weighted by molar-refractivity contribution is -0.141. The molecule has 1 rings (SSSR count). The standard InChI is InChI=1S/C10H16N2O5/c1-11(6-8(13)17-2)10(16)12-5-3-4-7(12)9(14)15/h7H,3-6H2,1-2H3,(H,14,15). The van der Waals surface area contributed by atoms with E-state index in [0.29, 0.717) is 19.4 Å². The number of carboxylic acids is 1. The molecule has 1 saturated heterocycles. The molecular weight excluding hydrogens is 228 g/mol. The van der Waals surface area contributed by atoms with Gasteiger partial charge in [0.05, 0.1) is 7.11 Å². The summed E-state index contributed by atoms with van der Waals surface area (Å²) in [7, 11) is 2.67. The number of esters is 1. The van der Waals surface area contributed by atoms with Gasteiger partial charge in [0.15, 0.2) is 0 Å². The highest BCUT2D eigenvalue weighted by Gasteiger charge is 2.35. The predicted octanol–water partition coefficient (Wildman–Crippen LogP) is -0.240. The second kappa shape index (κ2) is 5.51. The molecule has 0 spiro atoms. The fourth-order valence-electron chi connectivity index (χ4n) is 1.80. The van der Waals surface area contributed by atoms with Crippen molar-refractivity contribution in [1.29, 1.82) is 0 Å². The van der Waals surface area contributed by atoms with Crippen LogP contribution >= 0.6 is 0 Å². The van der Waals surface area contributed by atoms with Crippen LogP contribution in [0.3, 0.4) is 0 Å². The summed E-state index contributed by atoms with van der Waals surface area (Å²) in [6.45, 7) is 0.222. The highest BCUT2D eigenvalue weighted by atomic mass is 16.5. The van der Waals surface area contributed by atoms with Crippen molar-refractivity contribution in [2.45, 2.75) is 18.9 Å². The Kier molecular flexibility index (Phi) is 4.30. The van der Waals surface area contributed by atoms with E-state index in [0.717, 1.165) is 4.90 Å². The van der Waals surface area contributed by atoms with Gasteiger partial charge in [-0.2, -0.15) is 0 Å². The molecule has 7 nitrogen and oxygen atoms in total. The molecule has 0 aromatic carbocycles. The fourth-order valence-corrected chi connectivity index (χ4v) is 1.80. The van der Waals surface area contributed by atoms with Crippen molar-refractivity contribution in [2.24, 2.45) is 0 Å². The Morgan fingerprint density at radius 3 is 2.65 bits per heavy atom. The Morgan fingerprint density at radius 2 is 2.12 bits per heavy atom. The Balaban J connectivity index is 2.62. The van der Waals surface area contributed by atoms with Crippen LogP contribution < -0.4 is 0 Å². The summed E-state index contributed by atoms with van der Waals surface area (Å²) >= 11 is 0. The van der Waals surface area contributed by atoms with E-state index < -0.39 is 24.0 Å². The molecule has 0 aromatic heterocycles. The third-order valence-electron chi connectivity index (χ3n) is 2.70. The van der Waals surface area contributed by atoms with Crippen LogP contribution in [0.25, 0.3) is 0 Å². The maximum absolute atomic E-state index is 11.9. The molecule has 1 N–H and O–H groups in total.